The lowest BCUT2D eigenvalue weighted by atomic mass is 10.3. The lowest BCUT2D eigenvalue weighted by Gasteiger charge is -2.24. The van der Waals surface area contributed by atoms with Crippen LogP contribution in [0, 0.1) is 0 Å². The Morgan fingerprint density at radius 2 is 1.52 bits per heavy atom. The molecule has 1 N–H and O–H groups in total. The van der Waals surface area contributed by atoms with Gasteiger partial charge in [-0.2, -0.15) is 0 Å². The third-order valence-corrected chi connectivity index (χ3v) is 4.90. The molecule has 0 fully saturated rings. The molecule has 2 rings (SSSR count). The maximum atomic E-state index is 12.9. The maximum absolute atomic E-state index is 12.9. The van der Waals surface area contributed by atoms with Gasteiger partial charge in [0, 0.05) is 6.04 Å². The van der Waals surface area contributed by atoms with Gasteiger partial charge in [-0.15, -0.1) is 0 Å². The molecule has 0 aliphatic heterocycles. The Bertz CT molecular complexity index is 744. The molecule has 0 radical (unpaired) electrons. The summed E-state index contributed by atoms with van der Waals surface area (Å²) in [6.07, 6.45) is 0. The Hall–Kier alpha value is -2.34. The number of hydrogen-bond acceptors (Lipinski definition) is 3. The third-order valence-electron chi connectivity index (χ3n) is 3.11. The fourth-order valence-electron chi connectivity index (χ4n) is 2.13. The SMILES string of the molecule is CC(C)NC(=O)CN(c1ccccc1)S(=O)(=O)c1ccccc1. The molecule has 0 saturated heterocycles. The van der Waals surface area contributed by atoms with E-state index >= 15 is 0 Å². The van der Waals surface area contributed by atoms with E-state index in [1.165, 1.54) is 12.1 Å². The highest BCUT2D eigenvalue weighted by atomic mass is 32.2. The summed E-state index contributed by atoms with van der Waals surface area (Å²) in [5, 5.41) is 2.72. The van der Waals surface area contributed by atoms with Crippen LogP contribution in [0.2, 0.25) is 0 Å². The van der Waals surface area contributed by atoms with Crippen LogP contribution in [-0.2, 0) is 14.8 Å². The average molecular weight is 332 g/mol. The van der Waals surface area contributed by atoms with E-state index in [-0.39, 0.29) is 23.4 Å². The van der Waals surface area contributed by atoms with Gasteiger partial charge in [-0.25, -0.2) is 8.42 Å². The average Bonchev–Trinajstić information content (AvgIpc) is 2.53. The van der Waals surface area contributed by atoms with Gasteiger partial charge in [0.1, 0.15) is 6.54 Å². The zero-order valence-electron chi connectivity index (χ0n) is 13.1. The van der Waals surface area contributed by atoms with E-state index in [4.69, 9.17) is 0 Å². The predicted molar refractivity (Wildman–Crippen MR) is 90.7 cm³/mol. The summed E-state index contributed by atoms with van der Waals surface area (Å²) in [6.45, 7) is 3.40. The van der Waals surface area contributed by atoms with Gasteiger partial charge < -0.3 is 5.32 Å². The van der Waals surface area contributed by atoms with Crippen LogP contribution in [0.3, 0.4) is 0 Å². The highest BCUT2D eigenvalue weighted by Gasteiger charge is 2.26. The Morgan fingerprint density at radius 1 is 1.00 bits per heavy atom. The molecular formula is C17H20N2O3S. The van der Waals surface area contributed by atoms with Gasteiger partial charge in [0.05, 0.1) is 10.6 Å². The minimum Gasteiger partial charge on any atom is -0.352 e. The molecule has 2 aromatic carbocycles. The van der Waals surface area contributed by atoms with Crippen molar-refractivity contribution in [2.75, 3.05) is 10.8 Å². The number of rotatable bonds is 6. The van der Waals surface area contributed by atoms with Gasteiger partial charge in [-0.1, -0.05) is 36.4 Å². The highest BCUT2D eigenvalue weighted by Crippen LogP contribution is 2.22. The van der Waals surface area contributed by atoms with E-state index in [1.54, 1.807) is 48.5 Å². The smallest absolute Gasteiger partial charge is 0.264 e. The molecule has 5 nitrogen and oxygen atoms in total. The lowest BCUT2D eigenvalue weighted by Crippen LogP contribution is -2.42. The fraction of sp³-hybridized carbons (Fsp3) is 0.235. The van der Waals surface area contributed by atoms with Gasteiger partial charge in [0.15, 0.2) is 0 Å². The number of carbonyl (C=O) groups excluding carboxylic acids is 1. The third kappa shape index (κ3) is 4.32. The standard InChI is InChI=1S/C17H20N2O3S/c1-14(2)18-17(20)13-19(15-9-5-3-6-10-15)23(21,22)16-11-7-4-8-12-16/h3-12,14H,13H2,1-2H3,(H,18,20). The van der Waals surface area contributed by atoms with Crippen LogP contribution >= 0.6 is 0 Å². The molecule has 0 spiro atoms. The summed E-state index contributed by atoms with van der Waals surface area (Å²) in [6, 6.07) is 16.7. The zero-order valence-corrected chi connectivity index (χ0v) is 14.0. The molecule has 6 heteroatoms. The van der Waals surface area contributed by atoms with Crippen molar-refractivity contribution < 1.29 is 13.2 Å². The molecule has 122 valence electrons. The Kier molecular flexibility index (Phi) is 5.39. The molecule has 0 saturated carbocycles. The van der Waals surface area contributed by atoms with Crippen molar-refractivity contribution in [1.29, 1.82) is 0 Å². The number of anilines is 1. The van der Waals surface area contributed by atoms with Gasteiger partial charge in [0.2, 0.25) is 5.91 Å². The zero-order chi connectivity index (χ0) is 16.9. The molecule has 0 atom stereocenters. The van der Waals surface area contributed by atoms with Gasteiger partial charge >= 0.3 is 0 Å². The first-order chi connectivity index (χ1) is 10.9. The number of para-hydroxylation sites is 1. The summed E-state index contributed by atoms with van der Waals surface area (Å²) >= 11 is 0. The molecule has 23 heavy (non-hydrogen) atoms. The van der Waals surface area contributed by atoms with Crippen LogP contribution in [-0.4, -0.2) is 26.9 Å². The van der Waals surface area contributed by atoms with E-state index in [0.717, 1.165) is 4.31 Å². The van der Waals surface area contributed by atoms with Crippen LogP contribution in [0.25, 0.3) is 0 Å². The van der Waals surface area contributed by atoms with E-state index in [2.05, 4.69) is 5.32 Å². The van der Waals surface area contributed by atoms with E-state index in [9.17, 15) is 13.2 Å². The predicted octanol–water partition coefficient (Wildman–Crippen LogP) is 2.41. The first kappa shape index (κ1) is 17.0. The fourth-order valence-corrected chi connectivity index (χ4v) is 3.57. The van der Waals surface area contributed by atoms with Crippen LogP contribution in [0.1, 0.15) is 13.8 Å². The monoisotopic (exact) mass is 332 g/mol. The molecular weight excluding hydrogens is 312 g/mol. The molecule has 0 aromatic heterocycles. The minimum absolute atomic E-state index is 0.0560. The normalized spacial score (nSPS) is 11.3. The summed E-state index contributed by atoms with van der Waals surface area (Å²) < 4.78 is 26.9. The lowest BCUT2D eigenvalue weighted by molar-refractivity contribution is -0.120. The van der Waals surface area contributed by atoms with Gasteiger partial charge in [-0.3, -0.25) is 9.10 Å². The van der Waals surface area contributed by atoms with Crippen molar-refractivity contribution in [2.24, 2.45) is 0 Å². The maximum Gasteiger partial charge on any atom is 0.264 e. The van der Waals surface area contributed by atoms with E-state index in [0.29, 0.717) is 5.69 Å². The molecule has 0 unspecified atom stereocenters. The van der Waals surface area contributed by atoms with Gasteiger partial charge in [0.25, 0.3) is 10.0 Å². The second-order valence-electron chi connectivity index (χ2n) is 5.38. The number of nitrogens with zero attached hydrogens (tertiary/aromatic N) is 1. The topological polar surface area (TPSA) is 66.5 Å². The van der Waals surface area contributed by atoms with Gasteiger partial charge in [-0.05, 0) is 38.1 Å². The van der Waals surface area contributed by atoms with Crippen LogP contribution in [0.5, 0.6) is 0 Å². The van der Waals surface area contributed by atoms with E-state index < -0.39 is 10.0 Å². The Labute approximate surface area is 137 Å². The quantitative estimate of drug-likeness (QED) is 0.883. The van der Waals surface area contributed by atoms with Crippen molar-refractivity contribution in [1.82, 2.24) is 5.32 Å². The molecule has 0 aliphatic carbocycles. The number of nitrogens with one attached hydrogen (secondary N) is 1. The summed E-state index contributed by atoms with van der Waals surface area (Å²) in [4.78, 5) is 12.3. The second-order valence-corrected chi connectivity index (χ2v) is 7.24. The number of benzene rings is 2. The second kappa shape index (κ2) is 7.28. The molecule has 0 heterocycles. The molecule has 0 aliphatic rings. The van der Waals surface area contributed by atoms with Crippen molar-refractivity contribution >= 4 is 21.6 Å². The summed E-state index contributed by atoms with van der Waals surface area (Å²) in [7, 11) is -3.81. The molecule has 1 amide bonds. The van der Waals surface area contributed by atoms with Crippen LogP contribution in [0.15, 0.2) is 65.6 Å². The minimum atomic E-state index is -3.81. The van der Waals surface area contributed by atoms with Crippen molar-refractivity contribution in [3.63, 3.8) is 0 Å². The highest BCUT2D eigenvalue weighted by molar-refractivity contribution is 7.92. The first-order valence-corrected chi connectivity index (χ1v) is 8.77. The Morgan fingerprint density at radius 3 is 2.04 bits per heavy atom. The number of amides is 1. The summed E-state index contributed by atoms with van der Waals surface area (Å²) in [5.74, 6) is -0.344. The first-order valence-electron chi connectivity index (χ1n) is 7.33. The van der Waals surface area contributed by atoms with Crippen molar-refractivity contribution in [2.45, 2.75) is 24.8 Å². The number of carbonyl (C=O) groups is 1. The van der Waals surface area contributed by atoms with Crippen LogP contribution < -0.4 is 9.62 Å². The van der Waals surface area contributed by atoms with Crippen molar-refractivity contribution in [3.05, 3.63) is 60.7 Å². The number of sulfonamides is 1. The molecule has 0 bridgehead atoms. The Balaban J connectivity index is 2.40. The van der Waals surface area contributed by atoms with Crippen LogP contribution in [0.4, 0.5) is 5.69 Å². The number of hydrogen-bond donors (Lipinski definition) is 1. The molecule has 2 aromatic rings. The van der Waals surface area contributed by atoms with Crippen molar-refractivity contribution in [3.8, 4) is 0 Å². The van der Waals surface area contributed by atoms with E-state index in [1.807, 2.05) is 13.8 Å². The summed E-state index contributed by atoms with van der Waals surface area (Å²) in [5.41, 5.74) is 0.454. The largest absolute Gasteiger partial charge is 0.352 e.